The summed E-state index contributed by atoms with van der Waals surface area (Å²) in [5.74, 6) is -1.11. The van der Waals surface area contributed by atoms with Crippen molar-refractivity contribution < 1.29 is 17.6 Å². The summed E-state index contributed by atoms with van der Waals surface area (Å²) in [7, 11) is -3.82. The van der Waals surface area contributed by atoms with Crippen LogP contribution in [0.2, 0.25) is 0 Å². The fourth-order valence-electron chi connectivity index (χ4n) is 2.30. The van der Waals surface area contributed by atoms with Gasteiger partial charge in [-0.15, -0.1) is 10.2 Å². The summed E-state index contributed by atoms with van der Waals surface area (Å²) in [6.07, 6.45) is 0.662. The Labute approximate surface area is 181 Å². The Kier molecular flexibility index (Phi) is 6.70. The second-order valence-corrected chi connectivity index (χ2v) is 9.06. The van der Waals surface area contributed by atoms with Gasteiger partial charge in [0.2, 0.25) is 5.13 Å². The molecule has 0 aliphatic carbocycles. The molecule has 0 aliphatic heterocycles. The van der Waals surface area contributed by atoms with Crippen LogP contribution in [0.5, 0.6) is 0 Å². The van der Waals surface area contributed by atoms with E-state index in [-0.39, 0.29) is 20.7 Å². The average Bonchev–Trinajstić information content (AvgIpc) is 3.15. The van der Waals surface area contributed by atoms with E-state index in [4.69, 9.17) is 12.2 Å². The number of nitrogens with zero attached hydrogens (tertiary/aromatic N) is 2. The molecule has 0 radical (unpaired) electrons. The number of sulfonamides is 1. The zero-order valence-electron chi connectivity index (χ0n) is 15.5. The van der Waals surface area contributed by atoms with Gasteiger partial charge in [-0.3, -0.25) is 14.8 Å². The lowest BCUT2D eigenvalue weighted by Crippen LogP contribution is -2.34. The first-order valence-corrected chi connectivity index (χ1v) is 11.3. The summed E-state index contributed by atoms with van der Waals surface area (Å²) in [5.41, 5.74) is 0.581. The number of carbonyl (C=O) groups excluding carboxylic acids is 1. The maximum atomic E-state index is 13.2. The number of hydrogen-bond acceptors (Lipinski definition) is 7. The van der Waals surface area contributed by atoms with Gasteiger partial charge in [-0.25, -0.2) is 12.8 Å². The predicted molar refractivity (Wildman–Crippen MR) is 117 cm³/mol. The monoisotopic (exact) mass is 465 g/mol. The summed E-state index contributed by atoms with van der Waals surface area (Å²) in [4.78, 5) is 12.1. The second-order valence-electron chi connectivity index (χ2n) is 5.90. The van der Waals surface area contributed by atoms with E-state index in [1.165, 1.54) is 53.8 Å². The number of amides is 1. The first-order chi connectivity index (χ1) is 14.3. The van der Waals surface area contributed by atoms with Crippen LogP contribution in [0.4, 0.5) is 15.2 Å². The van der Waals surface area contributed by atoms with Crippen molar-refractivity contribution in [3.8, 4) is 0 Å². The molecular formula is C18H16FN5O3S3. The summed E-state index contributed by atoms with van der Waals surface area (Å²) < 4.78 is 40.5. The second kappa shape index (κ2) is 9.24. The molecule has 3 N–H and O–H groups in total. The highest BCUT2D eigenvalue weighted by Crippen LogP contribution is 2.21. The lowest BCUT2D eigenvalue weighted by atomic mass is 10.2. The third kappa shape index (κ3) is 5.55. The molecule has 1 amide bonds. The van der Waals surface area contributed by atoms with E-state index in [2.05, 4.69) is 25.6 Å². The van der Waals surface area contributed by atoms with Crippen molar-refractivity contribution in [2.75, 3.05) is 10.0 Å². The van der Waals surface area contributed by atoms with E-state index in [0.717, 1.165) is 11.1 Å². The van der Waals surface area contributed by atoms with Gasteiger partial charge < -0.3 is 5.32 Å². The largest absolute Gasteiger partial charge is 0.332 e. The molecule has 12 heteroatoms. The summed E-state index contributed by atoms with van der Waals surface area (Å²) in [6, 6.07) is 10.9. The first kappa shape index (κ1) is 21.7. The molecule has 8 nitrogen and oxygen atoms in total. The lowest BCUT2D eigenvalue weighted by Gasteiger charge is -2.10. The number of benzene rings is 2. The van der Waals surface area contributed by atoms with Gasteiger partial charge >= 0.3 is 0 Å². The van der Waals surface area contributed by atoms with Gasteiger partial charge in [0.25, 0.3) is 15.9 Å². The van der Waals surface area contributed by atoms with Crippen LogP contribution in [0.3, 0.4) is 0 Å². The van der Waals surface area contributed by atoms with Crippen molar-refractivity contribution in [1.29, 1.82) is 0 Å². The van der Waals surface area contributed by atoms with Crippen LogP contribution >= 0.6 is 23.6 Å². The number of carbonyl (C=O) groups is 1. The summed E-state index contributed by atoms with van der Waals surface area (Å²) >= 11 is 6.24. The topological polar surface area (TPSA) is 113 Å². The molecule has 0 bridgehead atoms. The Morgan fingerprint density at radius 2 is 1.90 bits per heavy atom. The number of thiocarbonyl (C=S) groups is 1. The van der Waals surface area contributed by atoms with E-state index < -0.39 is 21.7 Å². The van der Waals surface area contributed by atoms with Gasteiger partial charge in [-0.05, 0) is 61.1 Å². The Morgan fingerprint density at radius 3 is 2.53 bits per heavy atom. The molecule has 30 heavy (non-hydrogen) atoms. The molecule has 0 aliphatic rings. The standard InChI is InChI=1S/C18H16FN5O3S3/c1-2-15-22-23-18(29-15)24-30(26,27)14-8-6-13(7-9-14)20-17(28)21-16(25)11-4-3-5-12(19)10-11/h3-10H,2H2,1H3,(H,23,24)(H2,20,21,25,28). The molecule has 0 fully saturated rings. The van der Waals surface area contributed by atoms with E-state index in [1.807, 2.05) is 6.92 Å². The molecule has 0 spiro atoms. The van der Waals surface area contributed by atoms with Crippen LogP contribution in [-0.4, -0.2) is 29.6 Å². The highest BCUT2D eigenvalue weighted by Gasteiger charge is 2.17. The van der Waals surface area contributed by atoms with Gasteiger partial charge in [0, 0.05) is 11.3 Å². The normalized spacial score (nSPS) is 11.0. The number of nitrogens with one attached hydrogen (secondary N) is 3. The van der Waals surface area contributed by atoms with E-state index in [0.29, 0.717) is 12.1 Å². The van der Waals surface area contributed by atoms with E-state index in [9.17, 15) is 17.6 Å². The molecule has 3 rings (SSSR count). The molecule has 2 aromatic carbocycles. The van der Waals surface area contributed by atoms with Crippen LogP contribution in [-0.2, 0) is 16.4 Å². The minimum atomic E-state index is -3.82. The fraction of sp³-hybridized carbons (Fsp3) is 0.111. The molecule has 0 unspecified atom stereocenters. The zero-order chi connectivity index (χ0) is 21.7. The minimum Gasteiger partial charge on any atom is -0.332 e. The molecule has 0 saturated carbocycles. The predicted octanol–water partition coefficient (Wildman–Crippen LogP) is 3.17. The highest BCUT2D eigenvalue weighted by molar-refractivity contribution is 7.93. The quantitative estimate of drug-likeness (QED) is 0.479. The van der Waals surface area contributed by atoms with Crippen LogP contribution in [0.25, 0.3) is 0 Å². The summed E-state index contributed by atoms with van der Waals surface area (Å²) in [5, 5.41) is 13.8. The Hall–Kier alpha value is -2.96. The SMILES string of the molecule is CCc1nnc(NS(=O)(=O)c2ccc(NC(=S)NC(=O)c3cccc(F)c3)cc2)s1. The third-order valence-corrected chi connectivity index (χ3v) is 6.40. The van der Waals surface area contributed by atoms with Crippen molar-refractivity contribution in [1.82, 2.24) is 15.5 Å². The van der Waals surface area contributed by atoms with Gasteiger partial charge in [0.1, 0.15) is 10.8 Å². The van der Waals surface area contributed by atoms with Gasteiger partial charge in [-0.2, -0.15) is 0 Å². The number of hydrogen-bond donors (Lipinski definition) is 3. The van der Waals surface area contributed by atoms with E-state index >= 15 is 0 Å². The number of aryl methyl sites for hydroxylation is 1. The maximum absolute atomic E-state index is 13.2. The lowest BCUT2D eigenvalue weighted by molar-refractivity contribution is 0.0977. The molecule has 3 aromatic rings. The summed E-state index contributed by atoms with van der Waals surface area (Å²) in [6.45, 7) is 1.90. The van der Waals surface area contributed by atoms with Gasteiger partial charge in [-0.1, -0.05) is 24.3 Å². The average molecular weight is 466 g/mol. The van der Waals surface area contributed by atoms with Gasteiger partial charge in [0.15, 0.2) is 5.11 Å². The number of aromatic nitrogens is 2. The molecule has 1 aromatic heterocycles. The maximum Gasteiger partial charge on any atom is 0.263 e. The molecule has 0 saturated heterocycles. The molecule has 1 heterocycles. The first-order valence-electron chi connectivity index (χ1n) is 8.60. The van der Waals surface area contributed by atoms with Crippen molar-refractivity contribution >= 4 is 55.4 Å². The fourth-order valence-corrected chi connectivity index (χ4v) is 4.42. The van der Waals surface area contributed by atoms with E-state index in [1.54, 1.807) is 0 Å². The third-order valence-electron chi connectivity index (χ3n) is 3.73. The van der Waals surface area contributed by atoms with Crippen molar-refractivity contribution in [2.45, 2.75) is 18.2 Å². The van der Waals surface area contributed by atoms with Crippen molar-refractivity contribution in [3.63, 3.8) is 0 Å². The van der Waals surface area contributed by atoms with Gasteiger partial charge in [0.05, 0.1) is 4.90 Å². The molecular weight excluding hydrogens is 449 g/mol. The Bertz CT molecular complexity index is 1180. The Morgan fingerprint density at radius 1 is 1.17 bits per heavy atom. The van der Waals surface area contributed by atoms with Crippen LogP contribution in [0.15, 0.2) is 53.4 Å². The molecule has 0 atom stereocenters. The number of anilines is 2. The zero-order valence-corrected chi connectivity index (χ0v) is 18.0. The highest BCUT2D eigenvalue weighted by atomic mass is 32.2. The van der Waals surface area contributed by atoms with Crippen LogP contribution < -0.4 is 15.4 Å². The smallest absolute Gasteiger partial charge is 0.263 e. The number of halogens is 1. The van der Waals surface area contributed by atoms with Crippen LogP contribution in [0.1, 0.15) is 22.3 Å². The molecule has 156 valence electrons. The van der Waals surface area contributed by atoms with Crippen molar-refractivity contribution in [2.24, 2.45) is 0 Å². The van der Waals surface area contributed by atoms with Crippen molar-refractivity contribution in [3.05, 3.63) is 64.9 Å². The Balaban J connectivity index is 1.62. The minimum absolute atomic E-state index is 0.0149. The number of rotatable bonds is 6. The van der Waals surface area contributed by atoms with Crippen LogP contribution in [0, 0.1) is 5.82 Å².